The smallest absolute Gasteiger partial charge is 0.180 e. The van der Waals surface area contributed by atoms with E-state index in [-0.39, 0.29) is 0 Å². The van der Waals surface area contributed by atoms with Gasteiger partial charge in [-0.3, -0.25) is 0 Å². The van der Waals surface area contributed by atoms with Gasteiger partial charge in [0.15, 0.2) is 11.8 Å². The van der Waals surface area contributed by atoms with Crippen molar-refractivity contribution in [3.05, 3.63) is 41.7 Å². The van der Waals surface area contributed by atoms with Crippen molar-refractivity contribution in [1.29, 1.82) is 0 Å². The van der Waals surface area contributed by atoms with E-state index in [9.17, 15) is 0 Å². The van der Waals surface area contributed by atoms with Crippen molar-refractivity contribution in [3.63, 3.8) is 0 Å². The van der Waals surface area contributed by atoms with Gasteiger partial charge in [-0.15, -0.1) is 0 Å². The number of nitrogens with zero attached hydrogens (tertiary/aromatic N) is 2. The zero-order chi connectivity index (χ0) is 15.9. The molecule has 1 aromatic carbocycles. The Labute approximate surface area is 140 Å². The van der Waals surface area contributed by atoms with Crippen LogP contribution in [0.2, 0.25) is 5.02 Å². The lowest BCUT2D eigenvalue weighted by atomic mass is 10.3. The van der Waals surface area contributed by atoms with Gasteiger partial charge in [-0.25, -0.2) is 4.68 Å². The number of benzene rings is 1. The Morgan fingerprint density at radius 1 is 1.50 bits per heavy atom. The predicted octanol–water partition coefficient (Wildman–Crippen LogP) is 3.66. The zero-order valence-electron chi connectivity index (χ0n) is 12.5. The first-order chi connectivity index (χ1) is 10.6. The minimum absolute atomic E-state index is 0.299. The van der Waals surface area contributed by atoms with Gasteiger partial charge in [0.25, 0.3) is 0 Å². The molecule has 2 N–H and O–H groups in total. The molecule has 0 fully saturated rings. The van der Waals surface area contributed by atoms with Gasteiger partial charge < -0.3 is 15.4 Å². The van der Waals surface area contributed by atoms with E-state index in [1.165, 1.54) is 0 Å². The van der Waals surface area contributed by atoms with Gasteiger partial charge in [-0.2, -0.15) is 5.10 Å². The van der Waals surface area contributed by atoms with E-state index in [2.05, 4.69) is 29.6 Å². The molecule has 1 heterocycles. The maximum Gasteiger partial charge on any atom is 0.180 e. The number of nitrogens with one attached hydrogen (secondary N) is 2. The second kappa shape index (κ2) is 8.00. The average molecular weight is 339 g/mol. The molecule has 7 heteroatoms. The molecule has 118 valence electrons. The van der Waals surface area contributed by atoms with Crippen molar-refractivity contribution in [1.82, 2.24) is 15.1 Å². The Hall–Kier alpha value is -1.79. The number of hydrogen-bond acceptors (Lipinski definition) is 3. The van der Waals surface area contributed by atoms with Crippen LogP contribution >= 0.6 is 23.8 Å². The number of aromatic nitrogens is 2. The highest BCUT2D eigenvalue weighted by molar-refractivity contribution is 7.80. The van der Waals surface area contributed by atoms with Crippen molar-refractivity contribution >= 4 is 34.6 Å². The molecule has 2 rings (SSSR count). The van der Waals surface area contributed by atoms with Crippen molar-refractivity contribution in [3.8, 4) is 5.75 Å². The highest BCUT2D eigenvalue weighted by atomic mass is 35.5. The summed E-state index contributed by atoms with van der Waals surface area (Å²) in [7, 11) is 0. The molecule has 0 spiro atoms. The van der Waals surface area contributed by atoms with Crippen LogP contribution in [0, 0.1) is 0 Å². The number of anilines is 1. The molecule has 1 aromatic heterocycles. The molecule has 0 saturated heterocycles. The summed E-state index contributed by atoms with van der Waals surface area (Å²) in [6, 6.07) is 7.58. The van der Waals surface area contributed by atoms with E-state index in [4.69, 9.17) is 28.6 Å². The molecule has 0 bridgehead atoms. The summed E-state index contributed by atoms with van der Waals surface area (Å²) >= 11 is 11.1. The summed E-state index contributed by atoms with van der Waals surface area (Å²) in [6.45, 7) is 4.48. The zero-order valence-corrected chi connectivity index (χ0v) is 14.1. The molecule has 2 aromatic rings. The van der Waals surface area contributed by atoms with Crippen molar-refractivity contribution in [2.75, 3.05) is 5.32 Å². The average Bonchev–Trinajstić information content (AvgIpc) is 2.92. The summed E-state index contributed by atoms with van der Waals surface area (Å²) < 4.78 is 7.29. The van der Waals surface area contributed by atoms with Crippen LogP contribution in [0.4, 0.5) is 5.69 Å². The Morgan fingerprint density at radius 3 is 3.05 bits per heavy atom. The van der Waals surface area contributed by atoms with Gasteiger partial charge in [0.05, 0.1) is 18.1 Å². The minimum Gasteiger partial charge on any atom is -0.471 e. The summed E-state index contributed by atoms with van der Waals surface area (Å²) in [5, 5.41) is 11.7. The van der Waals surface area contributed by atoms with Crippen molar-refractivity contribution < 1.29 is 4.74 Å². The molecule has 0 radical (unpaired) electrons. The third kappa shape index (κ3) is 5.20. The fourth-order valence-corrected chi connectivity index (χ4v) is 2.19. The third-order valence-electron chi connectivity index (χ3n) is 3.04. The predicted molar refractivity (Wildman–Crippen MR) is 93.4 cm³/mol. The van der Waals surface area contributed by atoms with Crippen LogP contribution in [0.3, 0.4) is 0 Å². The summed E-state index contributed by atoms with van der Waals surface area (Å²) in [5.41, 5.74) is 0.815. The second-order valence-corrected chi connectivity index (χ2v) is 5.75. The highest BCUT2D eigenvalue weighted by Gasteiger charge is 2.04. The van der Waals surface area contributed by atoms with Gasteiger partial charge in [-0.05, 0) is 43.8 Å². The van der Waals surface area contributed by atoms with Crippen LogP contribution in [0.5, 0.6) is 5.75 Å². The third-order valence-corrected chi connectivity index (χ3v) is 3.50. The Balaban J connectivity index is 1.85. The van der Waals surface area contributed by atoms with Gasteiger partial charge in [0, 0.05) is 11.1 Å². The van der Waals surface area contributed by atoms with E-state index in [0.29, 0.717) is 28.7 Å². The first-order valence-corrected chi connectivity index (χ1v) is 7.83. The molecule has 0 amide bonds. The standard InChI is InChI=1S/C15H19ClN4OS/c1-3-11(2)18-15(22)19-13-8-17-20(9-13)10-21-14-6-4-5-12(16)7-14/h4-9,11H,3,10H2,1-2H3,(H2,18,19,22). The molecule has 5 nitrogen and oxygen atoms in total. The van der Waals surface area contributed by atoms with E-state index < -0.39 is 0 Å². The van der Waals surface area contributed by atoms with Crippen LogP contribution in [-0.2, 0) is 6.73 Å². The van der Waals surface area contributed by atoms with Crippen molar-refractivity contribution in [2.45, 2.75) is 33.0 Å². The molecule has 0 saturated carbocycles. The first-order valence-electron chi connectivity index (χ1n) is 7.05. The molecular formula is C15H19ClN4OS. The number of thiocarbonyl (C=S) groups is 1. The lowest BCUT2D eigenvalue weighted by Gasteiger charge is -2.14. The van der Waals surface area contributed by atoms with Crippen LogP contribution in [0.1, 0.15) is 20.3 Å². The molecule has 1 atom stereocenters. The number of ether oxygens (including phenoxy) is 1. The lowest BCUT2D eigenvalue weighted by molar-refractivity contribution is 0.221. The fourth-order valence-electron chi connectivity index (χ4n) is 1.69. The summed E-state index contributed by atoms with van der Waals surface area (Å²) in [4.78, 5) is 0. The quantitative estimate of drug-likeness (QED) is 0.787. The SMILES string of the molecule is CCC(C)NC(=S)Nc1cnn(COc2cccc(Cl)c2)c1. The van der Waals surface area contributed by atoms with Gasteiger partial charge >= 0.3 is 0 Å². The fraction of sp³-hybridized carbons (Fsp3) is 0.333. The molecule has 0 aliphatic carbocycles. The van der Waals surface area contributed by atoms with Crippen LogP contribution in [0.25, 0.3) is 0 Å². The van der Waals surface area contributed by atoms with Crippen LogP contribution in [-0.4, -0.2) is 20.9 Å². The normalized spacial score (nSPS) is 11.8. The largest absolute Gasteiger partial charge is 0.471 e. The monoisotopic (exact) mass is 338 g/mol. The first kappa shape index (κ1) is 16.6. The molecule has 1 unspecified atom stereocenters. The Morgan fingerprint density at radius 2 is 2.32 bits per heavy atom. The van der Waals surface area contributed by atoms with Gasteiger partial charge in [0.2, 0.25) is 0 Å². The van der Waals surface area contributed by atoms with E-state index in [0.717, 1.165) is 12.1 Å². The summed E-state index contributed by atoms with van der Waals surface area (Å²) in [5.74, 6) is 0.700. The second-order valence-electron chi connectivity index (χ2n) is 4.91. The Kier molecular flexibility index (Phi) is 6.03. The number of hydrogen-bond donors (Lipinski definition) is 2. The van der Waals surface area contributed by atoms with Crippen molar-refractivity contribution in [2.24, 2.45) is 0 Å². The van der Waals surface area contributed by atoms with E-state index >= 15 is 0 Å². The van der Waals surface area contributed by atoms with Crippen LogP contribution in [0.15, 0.2) is 36.7 Å². The number of halogens is 1. The van der Waals surface area contributed by atoms with Gasteiger partial charge in [0.1, 0.15) is 5.75 Å². The molecule has 0 aliphatic rings. The minimum atomic E-state index is 0.299. The summed E-state index contributed by atoms with van der Waals surface area (Å²) in [6.07, 6.45) is 4.54. The maximum absolute atomic E-state index is 5.91. The van der Waals surface area contributed by atoms with Crippen LogP contribution < -0.4 is 15.4 Å². The molecule has 0 aliphatic heterocycles. The maximum atomic E-state index is 5.91. The van der Waals surface area contributed by atoms with Gasteiger partial charge in [-0.1, -0.05) is 24.6 Å². The molecule has 22 heavy (non-hydrogen) atoms. The highest BCUT2D eigenvalue weighted by Crippen LogP contribution is 2.17. The topological polar surface area (TPSA) is 51.1 Å². The lowest BCUT2D eigenvalue weighted by Crippen LogP contribution is -2.35. The van der Waals surface area contributed by atoms with E-state index in [1.54, 1.807) is 23.0 Å². The number of rotatable bonds is 6. The van der Waals surface area contributed by atoms with E-state index in [1.807, 2.05) is 18.3 Å². The Bertz CT molecular complexity index is 632. The molecular weight excluding hydrogens is 320 g/mol.